The summed E-state index contributed by atoms with van der Waals surface area (Å²) < 4.78 is 5.28. The van der Waals surface area contributed by atoms with E-state index in [4.69, 9.17) is 9.72 Å². The summed E-state index contributed by atoms with van der Waals surface area (Å²) >= 11 is 0. The number of carboxylic acid groups (broad SMARTS) is 1. The van der Waals surface area contributed by atoms with Crippen molar-refractivity contribution in [2.24, 2.45) is 0 Å². The molecule has 2 unspecified atom stereocenters. The van der Waals surface area contributed by atoms with E-state index in [1.165, 1.54) is 4.90 Å². The van der Waals surface area contributed by atoms with Gasteiger partial charge < -0.3 is 40.2 Å². The van der Waals surface area contributed by atoms with Gasteiger partial charge in [0.2, 0.25) is 5.91 Å². The average molecular weight is 879 g/mol. The van der Waals surface area contributed by atoms with Crippen LogP contribution in [0.1, 0.15) is 88.5 Å². The molecular weight excluding hydrogens is 825 g/mol. The Bertz CT molecular complexity index is 2660. The van der Waals surface area contributed by atoms with Crippen molar-refractivity contribution in [1.29, 1.82) is 0 Å². The zero-order valence-corrected chi connectivity index (χ0v) is 36.9. The van der Waals surface area contributed by atoms with Gasteiger partial charge in [0.1, 0.15) is 23.9 Å². The lowest BCUT2D eigenvalue weighted by Crippen LogP contribution is -2.48. The van der Waals surface area contributed by atoms with Crippen molar-refractivity contribution in [3.8, 4) is 22.5 Å². The van der Waals surface area contributed by atoms with E-state index in [0.29, 0.717) is 55.0 Å². The number of nitrogens with one attached hydrogen (secondary N) is 4. The first-order valence-electron chi connectivity index (χ1n) is 22.1. The number of amides is 5. The topological polar surface area (TPSA) is 193 Å². The van der Waals surface area contributed by atoms with Crippen LogP contribution in [-0.2, 0) is 19.1 Å². The van der Waals surface area contributed by atoms with Crippen molar-refractivity contribution < 1.29 is 33.8 Å². The van der Waals surface area contributed by atoms with E-state index in [1.54, 1.807) is 80.1 Å². The summed E-state index contributed by atoms with van der Waals surface area (Å²) in [4.78, 5) is 83.3. The van der Waals surface area contributed by atoms with E-state index in [9.17, 15) is 29.1 Å². The van der Waals surface area contributed by atoms with Gasteiger partial charge in [-0.05, 0) is 99.9 Å². The van der Waals surface area contributed by atoms with E-state index >= 15 is 0 Å². The molecule has 336 valence electrons. The number of fused-ring (bicyclic) bond motifs is 1. The van der Waals surface area contributed by atoms with Crippen LogP contribution >= 0.6 is 0 Å². The van der Waals surface area contributed by atoms with Gasteiger partial charge in [0.15, 0.2) is 0 Å². The maximum Gasteiger partial charge on any atom is 0.408 e. The SMILES string of the molecule is CC(C)OC(=O)NC(C(=O)N1CCCC1C(=O)Nc1ccc2[nH]c(-c3ccc(-c4cnc([C@@H]5CCCN5C(=O)[C@@H](c5ccccc5)N(C(=O)O)C(C)C)[nH]4)cc3)cc2c1)c1ccccc1. The minimum atomic E-state index is -1.15. The Kier molecular flexibility index (Phi) is 13.0. The molecule has 0 bridgehead atoms. The molecule has 0 aliphatic carbocycles. The normalized spacial score (nSPS) is 17.0. The fraction of sp³-hybridized carbons (Fsp3) is 0.320. The zero-order chi connectivity index (χ0) is 45.8. The molecule has 6 aromatic rings. The second-order valence-corrected chi connectivity index (χ2v) is 17.2. The zero-order valence-electron chi connectivity index (χ0n) is 36.9. The molecule has 4 aromatic carbocycles. The molecule has 0 radical (unpaired) electrons. The molecule has 5 amide bonds. The Morgan fingerprint density at radius 2 is 1.40 bits per heavy atom. The first-order chi connectivity index (χ1) is 31.4. The Morgan fingerprint density at radius 1 is 0.754 bits per heavy atom. The van der Waals surface area contributed by atoms with E-state index < -0.39 is 36.4 Å². The number of anilines is 1. The summed E-state index contributed by atoms with van der Waals surface area (Å²) in [6, 6.07) is 30.2. The molecule has 2 fully saturated rings. The molecule has 4 heterocycles. The van der Waals surface area contributed by atoms with Crippen LogP contribution in [0.5, 0.6) is 0 Å². The van der Waals surface area contributed by atoms with E-state index in [1.807, 2.05) is 72.8 Å². The van der Waals surface area contributed by atoms with Crippen molar-refractivity contribution in [3.63, 3.8) is 0 Å². The number of imidazole rings is 1. The summed E-state index contributed by atoms with van der Waals surface area (Å²) in [5.74, 6) is -0.307. The monoisotopic (exact) mass is 878 g/mol. The number of alkyl carbamates (subject to hydrolysis) is 1. The summed E-state index contributed by atoms with van der Waals surface area (Å²) in [5.41, 5.74) is 6.22. The van der Waals surface area contributed by atoms with Crippen LogP contribution < -0.4 is 10.6 Å². The van der Waals surface area contributed by atoms with Gasteiger partial charge in [-0.15, -0.1) is 0 Å². The number of benzene rings is 4. The maximum absolute atomic E-state index is 14.3. The fourth-order valence-electron chi connectivity index (χ4n) is 9.00. The first-order valence-corrected chi connectivity index (χ1v) is 22.1. The molecule has 15 nitrogen and oxygen atoms in total. The number of aromatic nitrogens is 3. The summed E-state index contributed by atoms with van der Waals surface area (Å²) in [5, 5.41) is 16.8. The van der Waals surface area contributed by atoms with Crippen LogP contribution in [0.2, 0.25) is 0 Å². The van der Waals surface area contributed by atoms with Gasteiger partial charge in [0.25, 0.3) is 11.8 Å². The maximum atomic E-state index is 14.3. The van der Waals surface area contributed by atoms with E-state index in [0.717, 1.165) is 39.8 Å². The number of carbonyl (C=O) groups is 5. The van der Waals surface area contributed by atoms with Crippen molar-refractivity contribution in [3.05, 3.63) is 132 Å². The molecule has 2 saturated heterocycles. The van der Waals surface area contributed by atoms with Crippen molar-refractivity contribution in [2.45, 2.75) is 89.7 Å². The summed E-state index contributed by atoms with van der Waals surface area (Å²) in [7, 11) is 0. The Balaban J connectivity index is 0.939. The lowest BCUT2D eigenvalue weighted by molar-refractivity contribution is -0.138. The lowest BCUT2D eigenvalue weighted by atomic mass is 10.0. The van der Waals surface area contributed by atoms with Gasteiger partial charge in [0, 0.05) is 41.4 Å². The molecule has 65 heavy (non-hydrogen) atoms. The van der Waals surface area contributed by atoms with Crippen LogP contribution in [0.15, 0.2) is 115 Å². The smallest absolute Gasteiger partial charge is 0.408 e. The van der Waals surface area contributed by atoms with Crippen LogP contribution in [-0.4, -0.2) is 95.9 Å². The number of carbonyl (C=O) groups excluding carboxylic acids is 4. The van der Waals surface area contributed by atoms with Crippen LogP contribution in [0, 0.1) is 0 Å². The second kappa shape index (κ2) is 19.1. The number of nitrogens with zero attached hydrogens (tertiary/aromatic N) is 4. The number of rotatable bonds is 13. The summed E-state index contributed by atoms with van der Waals surface area (Å²) in [6.07, 6.45) is 2.13. The number of H-pyrrole nitrogens is 2. The number of hydrogen-bond acceptors (Lipinski definition) is 7. The minimum absolute atomic E-state index is 0.272. The molecule has 2 aliphatic rings. The first kappa shape index (κ1) is 44.2. The number of hydrogen-bond donors (Lipinski definition) is 5. The van der Waals surface area contributed by atoms with Crippen LogP contribution in [0.3, 0.4) is 0 Å². The third-order valence-corrected chi connectivity index (χ3v) is 12.1. The highest BCUT2D eigenvalue weighted by Gasteiger charge is 2.42. The lowest BCUT2D eigenvalue weighted by Gasteiger charge is -2.36. The van der Waals surface area contributed by atoms with Gasteiger partial charge in [-0.3, -0.25) is 19.3 Å². The van der Waals surface area contributed by atoms with Gasteiger partial charge in [-0.1, -0.05) is 84.9 Å². The number of aromatic amines is 2. The van der Waals surface area contributed by atoms with Crippen molar-refractivity contribution in [1.82, 2.24) is 35.0 Å². The highest BCUT2D eigenvalue weighted by atomic mass is 16.6. The number of ether oxygens (including phenoxy) is 1. The highest BCUT2D eigenvalue weighted by molar-refractivity contribution is 6.00. The van der Waals surface area contributed by atoms with Gasteiger partial charge >= 0.3 is 12.2 Å². The fourth-order valence-corrected chi connectivity index (χ4v) is 9.00. The van der Waals surface area contributed by atoms with E-state index in [-0.39, 0.29) is 29.9 Å². The molecular formula is C50H54N8O7. The molecule has 2 aromatic heterocycles. The summed E-state index contributed by atoms with van der Waals surface area (Å²) in [6.45, 7) is 7.88. The Hall–Kier alpha value is -7.42. The van der Waals surface area contributed by atoms with Crippen molar-refractivity contribution in [2.75, 3.05) is 18.4 Å². The average Bonchev–Trinajstić information content (AvgIpc) is 4.14. The quantitative estimate of drug-likeness (QED) is 0.0760. The third-order valence-electron chi connectivity index (χ3n) is 12.1. The molecule has 15 heteroatoms. The molecule has 2 aliphatic heterocycles. The minimum Gasteiger partial charge on any atom is -0.465 e. The standard InChI is InChI=1S/C50H54N8O7/c1-30(2)58(50(63)64)44(35-15-9-6-10-16-35)48(61)56-25-11-17-41(56)45-51-29-40(54-45)33-21-19-32(20-22-33)39-28-36-27-37(23-24-38(36)53-39)52-46(59)42-18-12-26-57(42)47(60)43(34-13-7-5-8-14-34)55-49(62)65-31(3)4/h5-10,13-16,19-24,27-31,41-44,53H,11-12,17-18,25-26H2,1-4H3,(H,51,54)(H,52,59)(H,55,62)(H,63,64)/t41-,42?,43?,44+/m0/s1. The van der Waals surface area contributed by atoms with Gasteiger partial charge in [0.05, 0.1) is 24.0 Å². The Morgan fingerprint density at radius 3 is 2.06 bits per heavy atom. The highest BCUT2D eigenvalue weighted by Crippen LogP contribution is 2.37. The molecule has 8 rings (SSSR count). The van der Waals surface area contributed by atoms with Crippen LogP contribution in [0.4, 0.5) is 15.3 Å². The largest absolute Gasteiger partial charge is 0.465 e. The third kappa shape index (κ3) is 9.59. The molecule has 4 atom stereocenters. The Labute approximate surface area is 377 Å². The predicted molar refractivity (Wildman–Crippen MR) is 246 cm³/mol. The predicted octanol–water partition coefficient (Wildman–Crippen LogP) is 8.82. The molecule has 0 saturated carbocycles. The van der Waals surface area contributed by atoms with E-state index in [2.05, 4.69) is 20.6 Å². The van der Waals surface area contributed by atoms with Crippen molar-refractivity contribution >= 4 is 46.5 Å². The molecule has 5 N–H and O–H groups in total. The van der Waals surface area contributed by atoms with Crippen LogP contribution in [0.25, 0.3) is 33.4 Å². The van der Waals surface area contributed by atoms with Gasteiger partial charge in [-0.25, -0.2) is 14.6 Å². The second-order valence-electron chi connectivity index (χ2n) is 17.2. The van der Waals surface area contributed by atoms with Gasteiger partial charge in [-0.2, -0.15) is 0 Å². The number of likely N-dealkylation sites (tertiary alicyclic amines) is 2. The molecule has 0 spiro atoms.